The predicted molar refractivity (Wildman–Crippen MR) is 91.5 cm³/mol. The average Bonchev–Trinajstić information content (AvgIpc) is 3.27. The van der Waals surface area contributed by atoms with Gasteiger partial charge in [-0.15, -0.1) is 12.4 Å². The van der Waals surface area contributed by atoms with E-state index in [1.807, 2.05) is 4.90 Å². The van der Waals surface area contributed by atoms with Gasteiger partial charge in [-0.05, 0) is 38.5 Å². The summed E-state index contributed by atoms with van der Waals surface area (Å²) in [5.41, 5.74) is 5.40. The van der Waals surface area contributed by atoms with E-state index in [2.05, 4.69) is 10.6 Å². The van der Waals surface area contributed by atoms with E-state index in [9.17, 15) is 9.59 Å². The Labute approximate surface area is 144 Å². The third-order valence-corrected chi connectivity index (χ3v) is 5.27. The average molecular weight is 345 g/mol. The van der Waals surface area contributed by atoms with Crippen LogP contribution in [-0.2, 0) is 4.79 Å². The molecule has 3 aliphatic rings. The molecule has 1 heterocycles. The number of likely N-dealkylation sites (tertiary alicyclic amines) is 1. The van der Waals surface area contributed by atoms with Crippen molar-refractivity contribution in [3.8, 4) is 0 Å². The molecule has 1 aliphatic heterocycles. The molecular formula is C16H29ClN4O2. The molecule has 3 rings (SSSR count). The lowest BCUT2D eigenvalue weighted by molar-refractivity contribution is -0.134. The molecule has 0 spiro atoms. The molecule has 3 amide bonds. The maximum absolute atomic E-state index is 12.2. The highest BCUT2D eigenvalue weighted by Crippen LogP contribution is 2.34. The molecule has 3 fully saturated rings. The van der Waals surface area contributed by atoms with Crippen LogP contribution in [0.2, 0.25) is 0 Å². The Kier molecular flexibility index (Phi) is 6.14. The summed E-state index contributed by atoms with van der Waals surface area (Å²) in [7, 11) is 0. The van der Waals surface area contributed by atoms with Crippen LogP contribution in [0.1, 0.15) is 57.8 Å². The van der Waals surface area contributed by atoms with Crippen LogP contribution in [0, 0.1) is 0 Å². The Morgan fingerprint density at radius 1 is 0.913 bits per heavy atom. The van der Waals surface area contributed by atoms with E-state index in [0.717, 1.165) is 38.5 Å². The number of nitrogens with one attached hydrogen (secondary N) is 2. The molecule has 1 saturated heterocycles. The summed E-state index contributed by atoms with van der Waals surface area (Å²) in [5.74, 6) is 0.0950. The van der Waals surface area contributed by atoms with Gasteiger partial charge in [-0.25, -0.2) is 4.79 Å². The van der Waals surface area contributed by atoms with Crippen LogP contribution in [0.15, 0.2) is 0 Å². The number of hydrogen-bond acceptors (Lipinski definition) is 3. The number of nitrogens with two attached hydrogens (primary N) is 1. The largest absolute Gasteiger partial charge is 0.341 e. The van der Waals surface area contributed by atoms with Crippen LogP contribution in [0.5, 0.6) is 0 Å². The fourth-order valence-corrected chi connectivity index (χ4v) is 3.55. The van der Waals surface area contributed by atoms with Gasteiger partial charge in [0.1, 0.15) is 0 Å². The van der Waals surface area contributed by atoms with Crippen molar-refractivity contribution in [2.75, 3.05) is 13.1 Å². The van der Waals surface area contributed by atoms with Crippen molar-refractivity contribution in [1.82, 2.24) is 15.5 Å². The van der Waals surface area contributed by atoms with E-state index in [1.165, 1.54) is 19.3 Å². The molecule has 132 valence electrons. The van der Waals surface area contributed by atoms with Gasteiger partial charge in [0.25, 0.3) is 0 Å². The van der Waals surface area contributed by atoms with Crippen molar-refractivity contribution >= 4 is 24.3 Å². The SMILES string of the molecule is Cl.NC1(C(=O)N2CCC(NC(=O)NC3CCCCC3)CC2)CC1. The van der Waals surface area contributed by atoms with Crippen LogP contribution in [-0.4, -0.2) is 47.6 Å². The number of amides is 3. The number of urea groups is 1. The van der Waals surface area contributed by atoms with Gasteiger partial charge in [0.2, 0.25) is 5.91 Å². The molecule has 2 saturated carbocycles. The van der Waals surface area contributed by atoms with Gasteiger partial charge in [0.15, 0.2) is 0 Å². The van der Waals surface area contributed by atoms with Gasteiger partial charge in [-0.3, -0.25) is 4.79 Å². The molecule has 4 N–H and O–H groups in total. The van der Waals surface area contributed by atoms with E-state index in [-0.39, 0.29) is 30.4 Å². The molecule has 0 atom stereocenters. The first-order valence-electron chi connectivity index (χ1n) is 8.72. The number of rotatable bonds is 3. The van der Waals surface area contributed by atoms with Crippen LogP contribution in [0.3, 0.4) is 0 Å². The van der Waals surface area contributed by atoms with Gasteiger partial charge in [-0.2, -0.15) is 0 Å². The number of hydrogen-bond donors (Lipinski definition) is 3. The number of nitrogens with zero attached hydrogens (tertiary/aromatic N) is 1. The zero-order valence-electron chi connectivity index (χ0n) is 13.7. The number of halogens is 1. The monoisotopic (exact) mass is 344 g/mol. The first-order chi connectivity index (χ1) is 10.6. The Bertz CT molecular complexity index is 428. The van der Waals surface area contributed by atoms with E-state index in [1.54, 1.807) is 0 Å². The summed E-state index contributed by atoms with van der Waals surface area (Å²) in [6, 6.07) is 0.456. The smallest absolute Gasteiger partial charge is 0.315 e. The van der Waals surface area contributed by atoms with Gasteiger partial charge >= 0.3 is 6.03 Å². The minimum absolute atomic E-state index is 0. The van der Waals surface area contributed by atoms with Crippen molar-refractivity contribution in [2.24, 2.45) is 5.73 Å². The molecule has 0 aromatic heterocycles. The molecule has 2 aliphatic carbocycles. The maximum atomic E-state index is 12.2. The normalized spacial score (nSPS) is 24.5. The van der Waals surface area contributed by atoms with Crippen molar-refractivity contribution in [3.05, 3.63) is 0 Å². The third kappa shape index (κ3) is 4.73. The zero-order valence-corrected chi connectivity index (χ0v) is 14.5. The van der Waals surface area contributed by atoms with Gasteiger partial charge in [0, 0.05) is 25.2 Å². The fraction of sp³-hybridized carbons (Fsp3) is 0.875. The summed E-state index contributed by atoms with van der Waals surface area (Å²) >= 11 is 0. The Morgan fingerprint density at radius 3 is 1.96 bits per heavy atom. The van der Waals surface area contributed by atoms with E-state index in [4.69, 9.17) is 5.73 Å². The Balaban J connectivity index is 0.00000192. The molecule has 6 nitrogen and oxygen atoms in total. The summed E-state index contributed by atoms with van der Waals surface area (Å²) < 4.78 is 0. The molecule has 0 unspecified atom stereocenters. The second-order valence-corrected chi connectivity index (χ2v) is 7.18. The van der Waals surface area contributed by atoms with Crippen LogP contribution in [0.25, 0.3) is 0 Å². The molecular weight excluding hydrogens is 316 g/mol. The first-order valence-corrected chi connectivity index (χ1v) is 8.72. The lowest BCUT2D eigenvalue weighted by Crippen LogP contribution is -2.53. The molecule has 0 radical (unpaired) electrons. The van der Waals surface area contributed by atoms with Crippen LogP contribution in [0.4, 0.5) is 4.79 Å². The van der Waals surface area contributed by atoms with E-state index < -0.39 is 5.54 Å². The second kappa shape index (κ2) is 7.71. The lowest BCUT2D eigenvalue weighted by atomic mass is 9.96. The molecule has 0 aromatic carbocycles. The van der Waals surface area contributed by atoms with Crippen molar-refractivity contribution in [3.63, 3.8) is 0 Å². The minimum atomic E-state index is -0.571. The van der Waals surface area contributed by atoms with E-state index >= 15 is 0 Å². The standard InChI is InChI=1S/C16H28N4O2.ClH/c17-16(8-9-16)14(21)20-10-6-13(7-11-20)19-15(22)18-12-4-2-1-3-5-12;/h12-13H,1-11,17H2,(H2,18,19,22);1H. The van der Waals surface area contributed by atoms with Gasteiger partial charge < -0.3 is 21.3 Å². The number of carbonyl (C=O) groups excluding carboxylic acids is 2. The first kappa shape index (κ1) is 18.3. The summed E-state index contributed by atoms with van der Waals surface area (Å²) in [6.07, 6.45) is 9.17. The fourth-order valence-electron chi connectivity index (χ4n) is 3.55. The summed E-state index contributed by atoms with van der Waals surface area (Å²) in [5, 5.41) is 6.14. The Morgan fingerprint density at radius 2 is 1.43 bits per heavy atom. The molecule has 23 heavy (non-hydrogen) atoms. The highest BCUT2D eigenvalue weighted by atomic mass is 35.5. The highest BCUT2D eigenvalue weighted by Gasteiger charge is 2.48. The van der Waals surface area contributed by atoms with Crippen molar-refractivity contribution < 1.29 is 9.59 Å². The molecule has 0 bridgehead atoms. The zero-order chi connectivity index (χ0) is 15.6. The second-order valence-electron chi connectivity index (χ2n) is 7.18. The molecule has 7 heteroatoms. The van der Waals surface area contributed by atoms with Gasteiger partial charge in [-0.1, -0.05) is 19.3 Å². The Hall–Kier alpha value is -1.01. The van der Waals surface area contributed by atoms with E-state index in [0.29, 0.717) is 19.1 Å². The summed E-state index contributed by atoms with van der Waals surface area (Å²) in [4.78, 5) is 26.1. The van der Waals surface area contributed by atoms with Crippen molar-refractivity contribution in [2.45, 2.75) is 75.4 Å². The highest BCUT2D eigenvalue weighted by molar-refractivity contribution is 5.89. The van der Waals surface area contributed by atoms with Crippen molar-refractivity contribution in [1.29, 1.82) is 0 Å². The van der Waals surface area contributed by atoms with Crippen LogP contribution < -0.4 is 16.4 Å². The number of piperidine rings is 1. The third-order valence-electron chi connectivity index (χ3n) is 5.27. The van der Waals surface area contributed by atoms with Crippen LogP contribution >= 0.6 is 12.4 Å². The lowest BCUT2D eigenvalue weighted by Gasteiger charge is -2.34. The molecule has 0 aromatic rings. The number of carbonyl (C=O) groups is 2. The van der Waals surface area contributed by atoms with Gasteiger partial charge in [0.05, 0.1) is 5.54 Å². The minimum Gasteiger partial charge on any atom is -0.341 e. The quantitative estimate of drug-likeness (QED) is 0.725. The maximum Gasteiger partial charge on any atom is 0.315 e. The predicted octanol–water partition coefficient (Wildman–Crippen LogP) is 1.52. The summed E-state index contributed by atoms with van der Waals surface area (Å²) in [6.45, 7) is 1.40. The topological polar surface area (TPSA) is 87.5 Å².